The molecule has 1 aromatic carbocycles. The van der Waals surface area contributed by atoms with Crippen LogP contribution in [-0.2, 0) is 4.74 Å². The second-order valence-electron chi connectivity index (χ2n) is 3.86. The van der Waals surface area contributed by atoms with Gasteiger partial charge in [0.1, 0.15) is 0 Å². The third-order valence-electron chi connectivity index (χ3n) is 2.68. The highest BCUT2D eigenvalue weighted by molar-refractivity contribution is 7.08. The van der Waals surface area contributed by atoms with Crippen molar-refractivity contribution in [2.45, 2.75) is 6.92 Å². The molecule has 0 aliphatic heterocycles. The normalized spacial score (nSPS) is 10.1. The molecule has 0 fully saturated rings. The van der Waals surface area contributed by atoms with Gasteiger partial charge in [-0.25, -0.2) is 4.79 Å². The summed E-state index contributed by atoms with van der Waals surface area (Å²) in [5.74, 6) is -0.419. The van der Waals surface area contributed by atoms with Gasteiger partial charge in [-0.2, -0.15) is 11.3 Å². The van der Waals surface area contributed by atoms with E-state index in [1.807, 2.05) is 10.8 Å². The summed E-state index contributed by atoms with van der Waals surface area (Å²) in [4.78, 5) is 23.5. The molecule has 0 N–H and O–H groups in total. The Morgan fingerprint density at radius 2 is 1.94 bits per heavy atom. The van der Waals surface area contributed by atoms with E-state index in [0.29, 0.717) is 16.7 Å². The van der Waals surface area contributed by atoms with Crippen LogP contribution in [0.1, 0.15) is 31.8 Å². The van der Waals surface area contributed by atoms with E-state index >= 15 is 0 Å². The number of ether oxygens (including phenoxy) is 1. The fourth-order valence-electron chi connectivity index (χ4n) is 1.70. The van der Waals surface area contributed by atoms with Crippen LogP contribution < -0.4 is 0 Å². The maximum Gasteiger partial charge on any atom is 0.338 e. The Hall–Kier alpha value is -1.94. The molecular formula is C14H12O3S. The number of hydrogen-bond acceptors (Lipinski definition) is 4. The number of methoxy groups -OCH3 is 1. The number of rotatable bonds is 3. The number of thiophene rings is 1. The number of aryl methyl sites for hydroxylation is 1. The lowest BCUT2D eigenvalue weighted by atomic mass is 10.0. The van der Waals surface area contributed by atoms with Gasteiger partial charge in [0.2, 0.25) is 0 Å². The van der Waals surface area contributed by atoms with Gasteiger partial charge < -0.3 is 4.74 Å². The van der Waals surface area contributed by atoms with Crippen LogP contribution in [-0.4, -0.2) is 18.9 Å². The van der Waals surface area contributed by atoms with Crippen molar-refractivity contribution in [3.63, 3.8) is 0 Å². The second kappa shape index (κ2) is 5.14. The van der Waals surface area contributed by atoms with E-state index in [0.717, 1.165) is 5.56 Å². The largest absolute Gasteiger partial charge is 0.465 e. The first kappa shape index (κ1) is 12.5. The van der Waals surface area contributed by atoms with Crippen LogP contribution >= 0.6 is 11.3 Å². The first-order chi connectivity index (χ1) is 8.63. The average Bonchev–Trinajstić information content (AvgIpc) is 2.90. The number of hydrogen-bond donors (Lipinski definition) is 0. The number of carbonyl (C=O) groups excluding carboxylic acids is 2. The van der Waals surface area contributed by atoms with Gasteiger partial charge in [0.05, 0.1) is 12.7 Å². The van der Waals surface area contributed by atoms with E-state index in [4.69, 9.17) is 0 Å². The first-order valence-electron chi connectivity index (χ1n) is 5.39. The Morgan fingerprint density at radius 3 is 2.50 bits per heavy atom. The molecule has 0 bridgehead atoms. The van der Waals surface area contributed by atoms with Crippen molar-refractivity contribution >= 4 is 23.1 Å². The van der Waals surface area contributed by atoms with Crippen LogP contribution in [0.25, 0.3) is 0 Å². The molecule has 0 radical (unpaired) electrons. The van der Waals surface area contributed by atoms with Crippen molar-refractivity contribution in [1.29, 1.82) is 0 Å². The van der Waals surface area contributed by atoms with Crippen molar-refractivity contribution < 1.29 is 14.3 Å². The van der Waals surface area contributed by atoms with E-state index in [9.17, 15) is 9.59 Å². The van der Waals surface area contributed by atoms with Gasteiger partial charge in [-0.3, -0.25) is 4.79 Å². The van der Waals surface area contributed by atoms with Crippen LogP contribution in [0.5, 0.6) is 0 Å². The monoisotopic (exact) mass is 260 g/mol. The highest BCUT2D eigenvalue weighted by Gasteiger charge is 2.14. The highest BCUT2D eigenvalue weighted by atomic mass is 32.1. The Kier molecular flexibility index (Phi) is 3.58. The summed E-state index contributed by atoms with van der Waals surface area (Å²) in [5, 5.41) is 3.68. The minimum Gasteiger partial charge on any atom is -0.465 e. The van der Waals surface area contributed by atoms with Crippen molar-refractivity contribution in [2.75, 3.05) is 7.11 Å². The summed E-state index contributed by atoms with van der Waals surface area (Å²) in [6.07, 6.45) is 0. The standard InChI is InChI=1S/C14H12O3S/c1-9-7-10(3-4-12(9)14(16)17-2)13(15)11-5-6-18-8-11/h3-8H,1-2H3. The lowest BCUT2D eigenvalue weighted by Crippen LogP contribution is -2.06. The van der Waals surface area contributed by atoms with Gasteiger partial charge in [0.25, 0.3) is 0 Å². The third kappa shape index (κ3) is 2.33. The smallest absolute Gasteiger partial charge is 0.338 e. The highest BCUT2D eigenvalue weighted by Crippen LogP contribution is 2.17. The predicted molar refractivity (Wildman–Crippen MR) is 70.3 cm³/mol. The number of esters is 1. The molecule has 2 rings (SSSR count). The molecular weight excluding hydrogens is 248 g/mol. The molecule has 1 aromatic heterocycles. The Labute approximate surface area is 109 Å². The molecule has 4 heteroatoms. The summed E-state index contributed by atoms with van der Waals surface area (Å²) in [7, 11) is 1.34. The second-order valence-corrected chi connectivity index (χ2v) is 4.64. The zero-order valence-corrected chi connectivity index (χ0v) is 10.9. The number of carbonyl (C=O) groups is 2. The van der Waals surface area contributed by atoms with Crippen LogP contribution in [0.2, 0.25) is 0 Å². The molecule has 18 heavy (non-hydrogen) atoms. The van der Waals surface area contributed by atoms with E-state index in [1.165, 1.54) is 18.4 Å². The minimum atomic E-state index is -0.387. The van der Waals surface area contributed by atoms with Crippen LogP contribution in [0.4, 0.5) is 0 Å². The van der Waals surface area contributed by atoms with E-state index in [1.54, 1.807) is 31.2 Å². The number of benzene rings is 1. The first-order valence-corrected chi connectivity index (χ1v) is 6.33. The molecule has 0 aliphatic rings. The minimum absolute atomic E-state index is 0.0317. The summed E-state index contributed by atoms with van der Waals surface area (Å²) in [5.41, 5.74) is 2.48. The molecule has 1 heterocycles. The Morgan fingerprint density at radius 1 is 1.17 bits per heavy atom. The molecule has 3 nitrogen and oxygen atoms in total. The lowest BCUT2D eigenvalue weighted by Gasteiger charge is -2.05. The SMILES string of the molecule is COC(=O)c1ccc(C(=O)c2ccsc2)cc1C. The lowest BCUT2D eigenvalue weighted by molar-refractivity contribution is 0.0599. The zero-order chi connectivity index (χ0) is 13.1. The van der Waals surface area contributed by atoms with E-state index < -0.39 is 0 Å². The van der Waals surface area contributed by atoms with Crippen LogP contribution in [0.15, 0.2) is 35.0 Å². The molecule has 0 atom stereocenters. The van der Waals surface area contributed by atoms with Gasteiger partial charge in [-0.05, 0) is 36.1 Å². The van der Waals surface area contributed by atoms with Gasteiger partial charge in [0, 0.05) is 16.5 Å². The van der Waals surface area contributed by atoms with Gasteiger partial charge in [0.15, 0.2) is 5.78 Å². The molecule has 0 saturated heterocycles. The summed E-state index contributed by atoms with van der Waals surface area (Å²) in [6.45, 7) is 1.79. The maximum absolute atomic E-state index is 12.1. The maximum atomic E-state index is 12.1. The Balaban J connectivity index is 2.35. The summed E-state index contributed by atoms with van der Waals surface area (Å²) < 4.78 is 4.67. The van der Waals surface area contributed by atoms with Crippen molar-refractivity contribution in [3.8, 4) is 0 Å². The Bertz CT molecular complexity index is 585. The number of ketones is 1. The molecule has 0 saturated carbocycles. The van der Waals surface area contributed by atoms with Gasteiger partial charge in [-0.1, -0.05) is 6.07 Å². The zero-order valence-electron chi connectivity index (χ0n) is 10.1. The topological polar surface area (TPSA) is 43.4 Å². The molecule has 0 aliphatic carbocycles. The molecule has 2 aromatic rings. The van der Waals surface area contributed by atoms with Crippen molar-refractivity contribution in [2.24, 2.45) is 0 Å². The van der Waals surface area contributed by atoms with E-state index in [2.05, 4.69) is 4.74 Å². The third-order valence-corrected chi connectivity index (χ3v) is 3.36. The van der Waals surface area contributed by atoms with Crippen molar-refractivity contribution in [3.05, 3.63) is 57.3 Å². The summed E-state index contributed by atoms with van der Waals surface area (Å²) >= 11 is 1.48. The fraction of sp³-hybridized carbons (Fsp3) is 0.143. The van der Waals surface area contributed by atoms with Crippen LogP contribution in [0.3, 0.4) is 0 Å². The fourth-order valence-corrected chi connectivity index (χ4v) is 2.34. The predicted octanol–water partition coefficient (Wildman–Crippen LogP) is 3.07. The molecule has 0 unspecified atom stereocenters. The quantitative estimate of drug-likeness (QED) is 0.629. The van der Waals surface area contributed by atoms with E-state index in [-0.39, 0.29) is 11.8 Å². The summed E-state index contributed by atoms with van der Waals surface area (Å²) in [6, 6.07) is 6.78. The van der Waals surface area contributed by atoms with Gasteiger partial charge >= 0.3 is 5.97 Å². The molecule has 0 amide bonds. The average molecular weight is 260 g/mol. The molecule has 92 valence electrons. The van der Waals surface area contributed by atoms with Crippen LogP contribution in [0, 0.1) is 6.92 Å². The van der Waals surface area contributed by atoms with Gasteiger partial charge in [-0.15, -0.1) is 0 Å². The van der Waals surface area contributed by atoms with Crippen molar-refractivity contribution in [1.82, 2.24) is 0 Å². The molecule has 0 spiro atoms.